The van der Waals surface area contributed by atoms with E-state index in [0.717, 1.165) is 28.7 Å². The van der Waals surface area contributed by atoms with E-state index >= 15 is 0 Å². The summed E-state index contributed by atoms with van der Waals surface area (Å²) in [6.45, 7) is 0. The number of ketones is 1. The number of hydrogen-bond donors (Lipinski definition) is 1. The number of hydrogen-bond acceptors (Lipinski definition) is 5. The molecule has 0 spiro atoms. The van der Waals surface area contributed by atoms with Crippen LogP contribution in [0.15, 0.2) is 46.2 Å². The third kappa shape index (κ3) is 1.61. The van der Waals surface area contributed by atoms with Gasteiger partial charge in [0.05, 0.1) is 36.3 Å². The van der Waals surface area contributed by atoms with Crippen molar-refractivity contribution in [3.63, 3.8) is 0 Å². The summed E-state index contributed by atoms with van der Waals surface area (Å²) in [4.78, 5) is 13.4. The molecule has 28 heavy (non-hydrogen) atoms. The molecule has 0 amide bonds. The second-order valence-electron chi connectivity index (χ2n) is 7.08. The van der Waals surface area contributed by atoms with Crippen molar-refractivity contribution in [2.75, 3.05) is 0 Å². The van der Waals surface area contributed by atoms with Crippen LogP contribution in [0.25, 0.3) is 42.4 Å². The Hall–Kier alpha value is -2.61. The van der Waals surface area contributed by atoms with Crippen LogP contribution in [0, 0.1) is 0 Å². The summed E-state index contributed by atoms with van der Waals surface area (Å²) < 4.78 is 7.53. The van der Waals surface area contributed by atoms with E-state index in [9.17, 15) is 9.90 Å². The quantitative estimate of drug-likeness (QED) is 0.378. The average Bonchev–Trinajstić information content (AvgIpc) is 3.48. The van der Waals surface area contributed by atoms with E-state index < -0.39 is 6.04 Å². The van der Waals surface area contributed by atoms with Crippen LogP contribution in [0.5, 0.6) is 0 Å². The van der Waals surface area contributed by atoms with Gasteiger partial charge in [0.1, 0.15) is 5.70 Å². The highest BCUT2D eigenvalue weighted by atomic mass is 32.1. The number of Topliss-reactive ketones (excluding diaryl/α,β-unsaturated/α-hetero) is 1. The normalized spacial score (nSPS) is 18.9. The summed E-state index contributed by atoms with van der Waals surface area (Å²) in [6.07, 6.45) is 5.06. The smallest absolute Gasteiger partial charge is 0.213 e. The predicted octanol–water partition coefficient (Wildman–Crippen LogP) is 6.05. The number of rotatable bonds is 2. The molecule has 0 saturated heterocycles. The fourth-order valence-electron chi connectivity index (χ4n) is 4.62. The number of carbonyl (C=O) groups is 1. The number of nitrogens with zero attached hydrogens (tertiary/aromatic N) is 2. The first-order chi connectivity index (χ1) is 13.8. The van der Waals surface area contributed by atoms with Gasteiger partial charge in [-0.3, -0.25) is 4.79 Å². The molecule has 0 fully saturated rings. The molecule has 0 aliphatic heterocycles. The summed E-state index contributed by atoms with van der Waals surface area (Å²) in [7, 11) is 0. The SMILES string of the molecule is O=C1C(n2c3c(c4sccc42)CC=C3)=C(O)C1n1c2ccsc2c2sccc21. The Balaban J connectivity index is 1.50. The van der Waals surface area contributed by atoms with Crippen molar-refractivity contribution in [2.24, 2.45) is 0 Å². The van der Waals surface area contributed by atoms with Crippen molar-refractivity contribution in [1.82, 2.24) is 9.13 Å². The highest BCUT2D eigenvalue weighted by molar-refractivity contribution is 7.25. The molecule has 0 radical (unpaired) electrons. The molecule has 7 rings (SSSR count). The van der Waals surface area contributed by atoms with Crippen molar-refractivity contribution in [2.45, 2.75) is 12.5 Å². The van der Waals surface area contributed by atoms with Crippen LogP contribution in [0.4, 0.5) is 0 Å². The zero-order valence-electron chi connectivity index (χ0n) is 14.4. The molecule has 7 heteroatoms. The molecule has 2 aliphatic rings. The maximum atomic E-state index is 13.4. The average molecular weight is 421 g/mol. The fourth-order valence-corrected chi connectivity index (χ4v) is 7.51. The highest BCUT2D eigenvalue weighted by Crippen LogP contribution is 2.47. The van der Waals surface area contributed by atoms with Gasteiger partial charge in [-0.25, -0.2) is 0 Å². The molecule has 0 saturated carbocycles. The first-order valence-electron chi connectivity index (χ1n) is 8.95. The molecule has 2 aliphatic carbocycles. The van der Waals surface area contributed by atoms with Crippen LogP contribution in [0.1, 0.15) is 17.3 Å². The van der Waals surface area contributed by atoms with Gasteiger partial charge < -0.3 is 14.2 Å². The Morgan fingerprint density at radius 2 is 1.57 bits per heavy atom. The van der Waals surface area contributed by atoms with Crippen molar-refractivity contribution >= 4 is 82.2 Å². The minimum absolute atomic E-state index is 0.0279. The molecule has 5 aromatic heterocycles. The van der Waals surface area contributed by atoms with Gasteiger partial charge in [0.25, 0.3) is 0 Å². The molecule has 1 atom stereocenters. The first-order valence-corrected chi connectivity index (χ1v) is 11.6. The molecule has 0 bridgehead atoms. The number of aliphatic hydroxyl groups excluding tert-OH is 1. The van der Waals surface area contributed by atoms with Crippen LogP contribution < -0.4 is 0 Å². The lowest BCUT2D eigenvalue weighted by Gasteiger charge is -2.31. The van der Waals surface area contributed by atoms with Crippen molar-refractivity contribution in [3.05, 3.63) is 57.4 Å². The molecule has 5 aromatic rings. The molecular weight excluding hydrogens is 408 g/mol. The lowest BCUT2D eigenvalue weighted by Crippen LogP contribution is -2.35. The predicted molar refractivity (Wildman–Crippen MR) is 118 cm³/mol. The zero-order chi connectivity index (χ0) is 18.6. The van der Waals surface area contributed by atoms with Gasteiger partial charge >= 0.3 is 0 Å². The fraction of sp³-hybridized carbons (Fsp3) is 0.0952. The molecule has 136 valence electrons. The van der Waals surface area contributed by atoms with Gasteiger partial charge in [0.2, 0.25) is 5.78 Å². The van der Waals surface area contributed by atoms with E-state index in [2.05, 4.69) is 12.2 Å². The Morgan fingerprint density at radius 1 is 0.929 bits per heavy atom. The van der Waals surface area contributed by atoms with E-state index in [0.29, 0.717) is 5.70 Å². The van der Waals surface area contributed by atoms with E-state index in [-0.39, 0.29) is 11.5 Å². The number of aliphatic hydroxyl groups is 1. The number of aromatic nitrogens is 2. The Bertz CT molecular complexity index is 1480. The largest absolute Gasteiger partial charge is 0.507 e. The van der Waals surface area contributed by atoms with Gasteiger partial charge in [-0.05, 0) is 52.4 Å². The summed E-state index contributed by atoms with van der Waals surface area (Å²) in [5.74, 6) is 0.132. The zero-order valence-corrected chi connectivity index (χ0v) is 16.8. The molecule has 1 N–H and O–H groups in total. The van der Waals surface area contributed by atoms with Gasteiger partial charge in [-0.1, -0.05) is 6.08 Å². The van der Waals surface area contributed by atoms with E-state index in [1.807, 2.05) is 43.5 Å². The topological polar surface area (TPSA) is 47.2 Å². The summed E-state index contributed by atoms with van der Waals surface area (Å²) in [6, 6.07) is 5.48. The Morgan fingerprint density at radius 3 is 2.25 bits per heavy atom. The Kier molecular flexibility index (Phi) is 2.77. The van der Waals surface area contributed by atoms with Crippen LogP contribution >= 0.6 is 34.0 Å². The van der Waals surface area contributed by atoms with Crippen molar-refractivity contribution in [3.8, 4) is 0 Å². The van der Waals surface area contributed by atoms with Crippen LogP contribution in [-0.4, -0.2) is 20.0 Å². The lowest BCUT2D eigenvalue weighted by molar-refractivity contribution is -0.118. The molecule has 4 nitrogen and oxygen atoms in total. The summed E-state index contributed by atoms with van der Waals surface area (Å²) in [5.41, 5.74) is 5.76. The van der Waals surface area contributed by atoms with Gasteiger partial charge in [-0.15, -0.1) is 34.0 Å². The van der Waals surface area contributed by atoms with Gasteiger partial charge in [-0.2, -0.15) is 0 Å². The second-order valence-corrected chi connectivity index (χ2v) is 9.83. The van der Waals surface area contributed by atoms with Crippen molar-refractivity contribution in [1.29, 1.82) is 0 Å². The van der Waals surface area contributed by atoms with Crippen LogP contribution in [0.3, 0.4) is 0 Å². The highest BCUT2D eigenvalue weighted by Gasteiger charge is 2.45. The maximum absolute atomic E-state index is 13.4. The summed E-state index contributed by atoms with van der Waals surface area (Å²) >= 11 is 5.06. The standard InChI is InChI=1S/C21H12N2O2S3/c24-17-15(22-11-3-1-2-10(11)19-12(22)4-7-26-19)18(25)16(17)23-13-5-8-27-20(13)21-14(23)6-9-28-21/h1,3-9,16,24H,2H2. The van der Waals surface area contributed by atoms with Crippen LogP contribution in [-0.2, 0) is 11.2 Å². The van der Waals surface area contributed by atoms with Crippen LogP contribution in [0.2, 0.25) is 0 Å². The second kappa shape index (κ2) is 5.05. The third-order valence-corrected chi connectivity index (χ3v) is 8.72. The maximum Gasteiger partial charge on any atom is 0.213 e. The van der Waals surface area contributed by atoms with E-state index in [4.69, 9.17) is 0 Å². The number of fused-ring (bicyclic) bond motifs is 6. The minimum Gasteiger partial charge on any atom is -0.507 e. The van der Waals surface area contributed by atoms with Crippen molar-refractivity contribution < 1.29 is 9.90 Å². The van der Waals surface area contributed by atoms with Gasteiger partial charge in [0.15, 0.2) is 11.8 Å². The lowest BCUT2D eigenvalue weighted by atomic mass is 9.93. The summed E-state index contributed by atoms with van der Waals surface area (Å²) in [5, 5.41) is 17.2. The minimum atomic E-state index is -0.642. The number of carbonyl (C=O) groups excluding carboxylic acids is 1. The number of thiophene rings is 3. The first kappa shape index (κ1) is 15.3. The molecule has 0 aromatic carbocycles. The monoisotopic (exact) mass is 420 g/mol. The van der Waals surface area contributed by atoms with Gasteiger partial charge in [0, 0.05) is 0 Å². The molecular formula is C21H12N2O2S3. The molecule has 1 unspecified atom stereocenters. The Labute approximate surface area is 170 Å². The third-order valence-electron chi connectivity index (χ3n) is 5.79. The van der Waals surface area contributed by atoms with E-state index in [1.165, 1.54) is 19.7 Å². The van der Waals surface area contributed by atoms with E-state index in [1.54, 1.807) is 34.0 Å². The molecule has 5 heterocycles. The number of allylic oxidation sites excluding steroid dienone is 3.